The third-order valence-electron chi connectivity index (χ3n) is 2.73. The first kappa shape index (κ1) is 15.0. The van der Waals surface area contributed by atoms with E-state index < -0.39 is 0 Å². The van der Waals surface area contributed by atoms with Gasteiger partial charge in [0.2, 0.25) is 11.9 Å². The Bertz CT molecular complexity index is 571. The lowest BCUT2D eigenvalue weighted by molar-refractivity contribution is 0.312. The molecule has 0 aliphatic rings. The molecule has 2 rings (SSSR count). The third kappa shape index (κ3) is 4.59. The maximum atomic E-state index is 5.38. The van der Waals surface area contributed by atoms with E-state index in [1.807, 2.05) is 38.1 Å². The van der Waals surface area contributed by atoms with Crippen LogP contribution in [0.25, 0.3) is 0 Å². The quantitative estimate of drug-likeness (QED) is 0.815. The molecule has 0 aliphatic heterocycles. The number of benzene rings is 1. The highest BCUT2D eigenvalue weighted by Crippen LogP contribution is 2.17. The van der Waals surface area contributed by atoms with Crippen molar-refractivity contribution in [3.05, 3.63) is 29.8 Å². The molecular weight excluding hydrogens is 266 g/mol. The highest BCUT2D eigenvalue weighted by Gasteiger charge is 2.07. The third-order valence-corrected chi connectivity index (χ3v) is 2.73. The van der Waals surface area contributed by atoms with E-state index in [0.717, 1.165) is 18.7 Å². The summed E-state index contributed by atoms with van der Waals surface area (Å²) in [5, 5.41) is 6.31. The molecule has 0 amide bonds. The number of nitrogens with zero attached hydrogens (tertiary/aromatic N) is 3. The summed E-state index contributed by atoms with van der Waals surface area (Å²) in [6.45, 7) is 7.35. The molecule has 6 heteroatoms. The number of anilines is 3. The highest BCUT2D eigenvalue weighted by atomic mass is 16.5. The van der Waals surface area contributed by atoms with E-state index in [-0.39, 0.29) is 0 Å². The van der Waals surface area contributed by atoms with Gasteiger partial charge in [0.15, 0.2) is 0 Å². The average Bonchev–Trinajstić information content (AvgIpc) is 2.48. The van der Waals surface area contributed by atoms with Crippen molar-refractivity contribution in [1.29, 1.82) is 0 Å². The van der Waals surface area contributed by atoms with Crippen LogP contribution in [-0.4, -0.2) is 28.1 Å². The fourth-order valence-corrected chi connectivity index (χ4v) is 1.69. The van der Waals surface area contributed by atoms with Crippen molar-refractivity contribution < 1.29 is 4.74 Å². The summed E-state index contributed by atoms with van der Waals surface area (Å²) in [6, 6.07) is 8.35. The predicted octanol–water partition coefficient (Wildman–Crippen LogP) is 3.14. The Balaban J connectivity index is 2.19. The summed E-state index contributed by atoms with van der Waals surface area (Å²) in [4.78, 5) is 12.8. The van der Waals surface area contributed by atoms with Gasteiger partial charge >= 0.3 is 6.01 Å². The molecule has 2 aromatic rings. The van der Waals surface area contributed by atoms with Crippen LogP contribution in [0.1, 0.15) is 25.8 Å². The predicted molar refractivity (Wildman–Crippen MR) is 84.2 cm³/mol. The topological polar surface area (TPSA) is 72.0 Å². The Morgan fingerprint density at radius 2 is 1.71 bits per heavy atom. The molecule has 0 unspecified atom stereocenters. The number of hydrogen-bond donors (Lipinski definition) is 2. The van der Waals surface area contributed by atoms with Gasteiger partial charge in [0.05, 0.1) is 6.61 Å². The summed E-state index contributed by atoms with van der Waals surface area (Å²) in [5.41, 5.74) is 2.13. The minimum absolute atomic E-state index is 0.320. The molecular formula is C15H21N5O. The summed E-state index contributed by atoms with van der Waals surface area (Å²) in [7, 11) is 0. The Morgan fingerprint density at radius 3 is 2.38 bits per heavy atom. The minimum atomic E-state index is 0.320. The van der Waals surface area contributed by atoms with E-state index in [9.17, 15) is 0 Å². The first-order valence-corrected chi connectivity index (χ1v) is 7.17. The Hall–Kier alpha value is -2.37. The van der Waals surface area contributed by atoms with Crippen LogP contribution in [0.2, 0.25) is 0 Å². The standard InChI is InChI=1S/C15H21N5O/c1-4-10-16-13-18-14(20-15(19-13)21-5-2)17-12-8-6-11(3)7-9-12/h6-9H,4-5,10H2,1-3H3,(H2,16,17,18,19,20). The largest absolute Gasteiger partial charge is 0.464 e. The fourth-order valence-electron chi connectivity index (χ4n) is 1.69. The number of aryl methyl sites for hydroxylation is 1. The molecule has 1 heterocycles. The Labute approximate surface area is 125 Å². The van der Waals surface area contributed by atoms with E-state index in [4.69, 9.17) is 4.74 Å². The molecule has 0 atom stereocenters. The van der Waals surface area contributed by atoms with Crippen LogP contribution < -0.4 is 15.4 Å². The van der Waals surface area contributed by atoms with Gasteiger partial charge in [-0.1, -0.05) is 24.6 Å². The van der Waals surface area contributed by atoms with Crippen molar-refractivity contribution in [2.24, 2.45) is 0 Å². The van der Waals surface area contributed by atoms with Gasteiger partial charge in [-0.25, -0.2) is 0 Å². The fraction of sp³-hybridized carbons (Fsp3) is 0.400. The molecule has 0 fully saturated rings. The summed E-state index contributed by atoms with van der Waals surface area (Å²) >= 11 is 0. The first-order valence-electron chi connectivity index (χ1n) is 7.17. The molecule has 0 bridgehead atoms. The highest BCUT2D eigenvalue weighted by molar-refractivity contribution is 5.54. The van der Waals surface area contributed by atoms with Gasteiger partial charge in [0.1, 0.15) is 0 Å². The maximum absolute atomic E-state index is 5.38. The minimum Gasteiger partial charge on any atom is -0.464 e. The van der Waals surface area contributed by atoms with Crippen molar-refractivity contribution >= 4 is 17.6 Å². The second kappa shape index (κ2) is 7.42. The molecule has 0 saturated heterocycles. The lowest BCUT2D eigenvalue weighted by Crippen LogP contribution is -2.09. The van der Waals surface area contributed by atoms with E-state index in [1.165, 1.54) is 5.56 Å². The molecule has 0 spiro atoms. The lowest BCUT2D eigenvalue weighted by Gasteiger charge is -2.10. The number of aromatic nitrogens is 3. The maximum Gasteiger partial charge on any atom is 0.323 e. The van der Waals surface area contributed by atoms with Gasteiger partial charge in [-0.05, 0) is 32.4 Å². The second-order valence-corrected chi connectivity index (χ2v) is 4.62. The van der Waals surface area contributed by atoms with Gasteiger partial charge < -0.3 is 15.4 Å². The van der Waals surface area contributed by atoms with E-state index in [0.29, 0.717) is 24.5 Å². The molecule has 0 saturated carbocycles. The van der Waals surface area contributed by atoms with Crippen molar-refractivity contribution in [3.8, 4) is 6.01 Å². The molecule has 0 radical (unpaired) electrons. The van der Waals surface area contributed by atoms with Crippen molar-refractivity contribution in [2.75, 3.05) is 23.8 Å². The van der Waals surface area contributed by atoms with Crippen molar-refractivity contribution in [3.63, 3.8) is 0 Å². The second-order valence-electron chi connectivity index (χ2n) is 4.62. The summed E-state index contributed by atoms with van der Waals surface area (Å²) in [6.07, 6.45) is 0.996. The molecule has 1 aromatic heterocycles. The Morgan fingerprint density at radius 1 is 1.00 bits per heavy atom. The SMILES string of the molecule is CCCNc1nc(Nc2ccc(C)cc2)nc(OCC)n1. The van der Waals surface area contributed by atoms with E-state index >= 15 is 0 Å². The summed E-state index contributed by atoms with van der Waals surface area (Å²) in [5.74, 6) is 0.987. The normalized spacial score (nSPS) is 10.2. The zero-order valence-corrected chi connectivity index (χ0v) is 12.7. The van der Waals surface area contributed by atoms with Crippen LogP contribution in [0.3, 0.4) is 0 Å². The number of nitrogens with one attached hydrogen (secondary N) is 2. The molecule has 2 N–H and O–H groups in total. The van der Waals surface area contributed by atoms with Crippen LogP contribution in [0.15, 0.2) is 24.3 Å². The van der Waals surface area contributed by atoms with Gasteiger partial charge in [-0.2, -0.15) is 15.0 Å². The number of rotatable bonds is 7. The van der Waals surface area contributed by atoms with E-state index in [2.05, 4.69) is 32.5 Å². The Kier molecular flexibility index (Phi) is 5.31. The molecule has 112 valence electrons. The monoisotopic (exact) mass is 287 g/mol. The molecule has 6 nitrogen and oxygen atoms in total. The summed E-state index contributed by atoms with van der Waals surface area (Å²) < 4.78 is 5.38. The van der Waals surface area contributed by atoms with Crippen LogP contribution in [0.4, 0.5) is 17.6 Å². The zero-order chi connectivity index (χ0) is 15.1. The van der Waals surface area contributed by atoms with Crippen molar-refractivity contribution in [1.82, 2.24) is 15.0 Å². The number of hydrogen-bond acceptors (Lipinski definition) is 6. The first-order chi connectivity index (χ1) is 10.2. The van der Waals surface area contributed by atoms with Gasteiger partial charge in [0.25, 0.3) is 0 Å². The van der Waals surface area contributed by atoms with Gasteiger partial charge in [-0.3, -0.25) is 0 Å². The van der Waals surface area contributed by atoms with E-state index in [1.54, 1.807) is 0 Å². The number of ether oxygens (including phenoxy) is 1. The smallest absolute Gasteiger partial charge is 0.323 e. The van der Waals surface area contributed by atoms with Crippen LogP contribution in [0, 0.1) is 6.92 Å². The van der Waals surface area contributed by atoms with Gasteiger partial charge in [0, 0.05) is 12.2 Å². The lowest BCUT2D eigenvalue weighted by atomic mass is 10.2. The van der Waals surface area contributed by atoms with Crippen LogP contribution in [0.5, 0.6) is 6.01 Å². The zero-order valence-electron chi connectivity index (χ0n) is 12.7. The van der Waals surface area contributed by atoms with Crippen LogP contribution >= 0.6 is 0 Å². The van der Waals surface area contributed by atoms with Gasteiger partial charge in [-0.15, -0.1) is 0 Å². The van der Waals surface area contributed by atoms with Crippen molar-refractivity contribution in [2.45, 2.75) is 27.2 Å². The molecule has 21 heavy (non-hydrogen) atoms. The average molecular weight is 287 g/mol. The van der Waals surface area contributed by atoms with Crippen LogP contribution in [-0.2, 0) is 0 Å². The molecule has 0 aliphatic carbocycles. The molecule has 1 aromatic carbocycles.